The fraction of sp³-hybridized carbons (Fsp3) is 0.421. The molecule has 1 aromatic heterocycles. The molecular weight excluding hydrogens is 317 g/mol. The molecule has 5 nitrogen and oxygen atoms in total. The number of halogens is 1. The molecule has 6 heteroatoms. The fourth-order valence-corrected chi connectivity index (χ4v) is 2.92. The highest BCUT2D eigenvalue weighted by atomic mass is 19.1. The average Bonchev–Trinajstić information content (AvgIpc) is 2.65. The Morgan fingerprint density at radius 3 is 2.64 bits per heavy atom. The number of rotatable bonds is 8. The molecule has 3 rings (SSSR count). The van der Waals surface area contributed by atoms with E-state index in [1.807, 2.05) is 0 Å². The van der Waals surface area contributed by atoms with Crippen molar-refractivity contribution in [1.82, 2.24) is 15.2 Å². The summed E-state index contributed by atoms with van der Waals surface area (Å²) in [6, 6.07) is 6.52. The van der Waals surface area contributed by atoms with Crippen LogP contribution in [0.4, 0.5) is 16.2 Å². The molecule has 0 spiro atoms. The lowest BCUT2D eigenvalue weighted by Crippen LogP contribution is -2.11. The zero-order valence-corrected chi connectivity index (χ0v) is 14.3. The standard InChI is InChI=1S/C19H24FN5/c20-17-8-6-16(7-9-17)11-13-22-19-24-18(14-23-25-19)21-12-10-15-4-2-1-3-5-15/h4,6-9,14H,1-3,5,10-13H2,(H2,21,22,24,25). The first-order chi connectivity index (χ1) is 12.3. The number of allylic oxidation sites excluding steroid dienone is 1. The largest absolute Gasteiger partial charge is 0.368 e. The molecule has 0 bridgehead atoms. The van der Waals surface area contributed by atoms with Gasteiger partial charge in [-0.2, -0.15) is 10.1 Å². The van der Waals surface area contributed by atoms with Crippen LogP contribution in [0.25, 0.3) is 0 Å². The van der Waals surface area contributed by atoms with E-state index in [1.165, 1.54) is 37.8 Å². The second-order valence-corrected chi connectivity index (χ2v) is 6.25. The Morgan fingerprint density at radius 1 is 1.00 bits per heavy atom. The molecule has 25 heavy (non-hydrogen) atoms. The minimum absolute atomic E-state index is 0.216. The number of anilines is 2. The third-order valence-corrected chi connectivity index (χ3v) is 4.31. The quantitative estimate of drug-likeness (QED) is 0.712. The van der Waals surface area contributed by atoms with Crippen LogP contribution in [-0.4, -0.2) is 28.3 Å². The average molecular weight is 341 g/mol. The van der Waals surface area contributed by atoms with Crippen LogP contribution in [0.15, 0.2) is 42.1 Å². The number of benzene rings is 1. The van der Waals surface area contributed by atoms with Crippen LogP contribution >= 0.6 is 0 Å². The molecule has 1 aliphatic rings. The third kappa shape index (κ3) is 5.81. The van der Waals surface area contributed by atoms with Crippen LogP contribution in [0.2, 0.25) is 0 Å². The van der Waals surface area contributed by atoms with Crippen molar-refractivity contribution in [2.24, 2.45) is 0 Å². The van der Waals surface area contributed by atoms with E-state index in [0.29, 0.717) is 12.5 Å². The van der Waals surface area contributed by atoms with Crippen molar-refractivity contribution in [1.29, 1.82) is 0 Å². The van der Waals surface area contributed by atoms with Gasteiger partial charge in [-0.15, -0.1) is 5.10 Å². The molecule has 0 amide bonds. The molecule has 0 saturated heterocycles. The SMILES string of the molecule is Fc1ccc(CCNc2nncc(NCCC3=CCCCC3)n2)cc1. The highest BCUT2D eigenvalue weighted by molar-refractivity contribution is 5.37. The molecule has 0 saturated carbocycles. The van der Waals surface area contributed by atoms with E-state index < -0.39 is 0 Å². The first-order valence-electron chi connectivity index (χ1n) is 8.89. The number of hydrogen-bond donors (Lipinski definition) is 2. The zero-order valence-electron chi connectivity index (χ0n) is 14.3. The van der Waals surface area contributed by atoms with Gasteiger partial charge in [0, 0.05) is 13.1 Å². The maximum absolute atomic E-state index is 12.9. The van der Waals surface area contributed by atoms with Gasteiger partial charge < -0.3 is 10.6 Å². The van der Waals surface area contributed by atoms with Gasteiger partial charge in [-0.3, -0.25) is 0 Å². The first-order valence-corrected chi connectivity index (χ1v) is 8.89. The second kappa shape index (κ2) is 9.11. The Morgan fingerprint density at radius 2 is 1.84 bits per heavy atom. The summed E-state index contributed by atoms with van der Waals surface area (Å²) in [5.74, 6) is 1.02. The minimum atomic E-state index is -0.216. The Labute approximate surface area is 147 Å². The lowest BCUT2D eigenvalue weighted by Gasteiger charge is -2.13. The van der Waals surface area contributed by atoms with Crippen LogP contribution in [0.3, 0.4) is 0 Å². The lowest BCUT2D eigenvalue weighted by atomic mass is 9.97. The van der Waals surface area contributed by atoms with Crippen molar-refractivity contribution in [2.45, 2.75) is 38.5 Å². The molecule has 2 aromatic rings. The van der Waals surface area contributed by atoms with Gasteiger partial charge in [0.1, 0.15) is 5.82 Å². The van der Waals surface area contributed by atoms with Crippen LogP contribution < -0.4 is 10.6 Å². The Kier molecular flexibility index (Phi) is 6.31. The van der Waals surface area contributed by atoms with Crippen molar-refractivity contribution >= 4 is 11.8 Å². The van der Waals surface area contributed by atoms with Crippen LogP contribution in [-0.2, 0) is 6.42 Å². The van der Waals surface area contributed by atoms with E-state index in [-0.39, 0.29) is 5.82 Å². The monoisotopic (exact) mass is 341 g/mol. The van der Waals surface area contributed by atoms with Crippen molar-refractivity contribution < 1.29 is 4.39 Å². The van der Waals surface area contributed by atoms with Gasteiger partial charge in [-0.25, -0.2) is 4.39 Å². The molecular formula is C19H24FN5. The summed E-state index contributed by atoms with van der Waals surface area (Å²) in [5, 5.41) is 14.5. The van der Waals surface area contributed by atoms with Crippen LogP contribution in [0.5, 0.6) is 0 Å². The van der Waals surface area contributed by atoms with Gasteiger partial charge in [-0.05, 0) is 56.2 Å². The maximum Gasteiger partial charge on any atom is 0.244 e. The Balaban J connectivity index is 1.42. The molecule has 0 aliphatic heterocycles. The van der Waals surface area contributed by atoms with E-state index >= 15 is 0 Å². The maximum atomic E-state index is 12.9. The molecule has 0 unspecified atom stereocenters. The highest BCUT2D eigenvalue weighted by Crippen LogP contribution is 2.19. The molecule has 1 aromatic carbocycles. The fourth-order valence-electron chi connectivity index (χ4n) is 2.92. The van der Waals surface area contributed by atoms with Crippen LogP contribution in [0, 0.1) is 5.82 Å². The van der Waals surface area contributed by atoms with E-state index in [2.05, 4.69) is 31.9 Å². The number of hydrogen-bond acceptors (Lipinski definition) is 5. The predicted octanol–water partition coefficient (Wildman–Crippen LogP) is 3.97. The van der Waals surface area contributed by atoms with Gasteiger partial charge in [0.2, 0.25) is 5.95 Å². The van der Waals surface area contributed by atoms with Gasteiger partial charge in [0.15, 0.2) is 5.82 Å². The molecule has 0 fully saturated rings. The van der Waals surface area contributed by atoms with Gasteiger partial charge >= 0.3 is 0 Å². The topological polar surface area (TPSA) is 62.7 Å². The number of nitrogens with one attached hydrogen (secondary N) is 2. The molecule has 0 atom stereocenters. The van der Waals surface area contributed by atoms with Crippen LogP contribution in [0.1, 0.15) is 37.7 Å². The Bertz CT molecular complexity index is 699. The first kappa shape index (κ1) is 17.3. The summed E-state index contributed by atoms with van der Waals surface area (Å²) >= 11 is 0. The van der Waals surface area contributed by atoms with Crippen molar-refractivity contribution in [3.63, 3.8) is 0 Å². The van der Waals surface area contributed by atoms with Gasteiger partial charge in [0.05, 0.1) is 6.20 Å². The summed E-state index contributed by atoms with van der Waals surface area (Å²) < 4.78 is 12.9. The summed E-state index contributed by atoms with van der Waals surface area (Å²) in [6.07, 6.45) is 10.9. The minimum Gasteiger partial charge on any atom is -0.368 e. The van der Waals surface area contributed by atoms with E-state index in [9.17, 15) is 4.39 Å². The molecule has 2 N–H and O–H groups in total. The molecule has 1 aliphatic carbocycles. The van der Waals surface area contributed by atoms with E-state index in [1.54, 1.807) is 23.9 Å². The van der Waals surface area contributed by atoms with Gasteiger partial charge in [-0.1, -0.05) is 23.8 Å². The zero-order chi connectivity index (χ0) is 17.3. The van der Waals surface area contributed by atoms with Crippen molar-refractivity contribution in [3.8, 4) is 0 Å². The third-order valence-electron chi connectivity index (χ3n) is 4.31. The molecule has 132 valence electrons. The van der Waals surface area contributed by atoms with Crippen molar-refractivity contribution in [2.75, 3.05) is 23.7 Å². The normalized spacial score (nSPS) is 14.0. The van der Waals surface area contributed by atoms with Crippen molar-refractivity contribution in [3.05, 3.63) is 53.5 Å². The molecule has 0 radical (unpaired) electrons. The number of aromatic nitrogens is 3. The Hall–Kier alpha value is -2.50. The second-order valence-electron chi connectivity index (χ2n) is 6.25. The molecule has 1 heterocycles. The summed E-state index contributed by atoms with van der Waals surface area (Å²) in [6.45, 7) is 1.53. The lowest BCUT2D eigenvalue weighted by molar-refractivity contribution is 0.627. The predicted molar refractivity (Wildman–Crippen MR) is 98.1 cm³/mol. The van der Waals surface area contributed by atoms with E-state index in [4.69, 9.17) is 0 Å². The smallest absolute Gasteiger partial charge is 0.244 e. The van der Waals surface area contributed by atoms with Gasteiger partial charge in [0.25, 0.3) is 0 Å². The highest BCUT2D eigenvalue weighted by Gasteiger charge is 2.04. The summed E-state index contributed by atoms with van der Waals surface area (Å²) in [4.78, 5) is 4.43. The summed E-state index contributed by atoms with van der Waals surface area (Å²) in [7, 11) is 0. The van der Waals surface area contributed by atoms with E-state index in [0.717, 1.165) is 30.8 Å². The number of nitrogens with zero attached hydrogens (tertiary/aromatic N) is 3. The summed E-state index contributed by atoms with van der Waals surface area (Å²) in [5.41, 5.74) is 2.61.